The maximum Gasteiger partial charge on any atom is 0.248 e. The van der Waals surface area contributed by atoms with E-state index in [1.165, 1.54) is 11.1 Å². The van der Waals surface area contributed by atoms with E-state index in [1.54, 1.807) is 0 Å². The lowest BCUT2D eigenvalue weighted by Crippen LogP contribution is -2.10. The Hall–Kier alpha value is -4.06. The SMILES string of the molecule is CCC(C)c1cc(-c2nnc(-c3ccc(C(C)(C)C)cc3)o2)cc(-c2nnc(-c3ccc(C(C)(C)C)cc3)o2)c1. The van der Waals surface area contributed by atoms with Crippen molar-refractivity contribution < 1.29 is 8.83 Å². The van der Waals surface area contributed by atoms with Crippen LogP contribution in [0.2, 0.25) is 0 Å². The monoisotopic (exact) mass is 534 g/mol. The first-order chi connectivity index (χ1) is 18.9. The average molecular weight is 535 g/mol. The van der Waals surface area contributed by atoms with Crippen molar-refractivity contribution >= 4 is 0 Å². The van der Waals surface area contributed by atoms with E-state index in [2.05, 4.69) is 112 Å². The zero-order valence-corrected chi connectivity index (χ0v) is 24.7. The predicted octanol–water partition coefficient (Wildman–Crippen LogP) is 9.23. The Bertz CT molecular complexity index is 1480. The van der Waals surface area contributed by atoms with E-state index < -0.39 is 0 Å². The molecular formula is C34H38N4O2. The van der Waals surface area contributed by atoms with Gasteiger partial charge in [0.25, 0.3) is 0 Å². The Morgan fingerprint density at radius 3 is 1.23 bits per heavy atom. The second-order valence-corrected chi connectivity index (χ2v) is 12.6. The topological polar surface area (TPSA) is 77.8 Å². The van der Waals surface area contributed by atoms with E-state index in [-0.39, 0.29) is 10.8 Å². The normalized spacial score (nSPS) is 13.0. The highest BCUT2D eigenvalue weighted by Gasteiger charge is 2.19. The van der Waals surface area contributed by atoms with Gasteiger partial charge in [0.05, 0.1) is 0 Å². The van der Waals surface area contributed by atoms with Crippen LogP contribution in [-0.2, 0) is 10.8 Å². The fourth-order valence-electron chi connectivity index (χ4n) is 4.56. The summed E-state index contributed by atoms with van der Waals surface area (Å²) in [7, 11) is 0. The van der Waals surface area contributed by atoms with Gasteiger partial charge >= 0.3 is 0 Å². The minimum Gasteiger partial charge on any atom is -0.416 e. The van der Waals surface area contributed by atoms with E-state index in [0.29, 0.717) is 29.5 Å². The summed E-state index contributed by atoms with van der Waals surface area (Å²) < 4.78 is 12.3. The van der Waals surface area contributed by atoms with E-state index >= 15 is 0 Å². The van der Waals surface area contributed by atoms with Gasteiger partial charge in [-0.15, -0.1) is 20.4 Å². The fraction of sp³-hybridized carbons (Fsp3) is 0.353. The van der Waals surface area contributed by atoms with Gasteiger partial charge < -0.3 is 8.83 Å². The summed E-state index contributed by atoms with van der Waals surface area (Å²) in [5, 5.41) is 17.5. The number of aromatic nitrogens is 4. The molecule has 0 saturated heterocycles. The first-order valence-corrected chi connectivity index (χ1v) is 14.0. The Labute approximate surface area is 236 Å². The third-order valence-corrected chi connectivity index (χ3v) is 7.48. The summed E-state index contributed by atoms with van der Waals surface area (Å²) in [5.41, 5.74) is 7.26. The van der Waals surface area contributed by atoms with Crippen LogP contribution >= 0.6 is 0 Å². The maximum atomic E-state index is 6.16. The average Bonchev–Trinajstić information content (AvgIpc) is 3.62. The van der Waals surface area contributed by atoms with Gasteiger partial charge in [-0.25, -0.2) is 0 Å². The first-order valence-electron chi connectivity index (χ1n) is 14.0. The van der Waals surface area contributed by atoms with Gasteiger partial charge in [-0.3, -0.25) is 0 Å². The lowest BCUT2D eigenvalue weighted by atomic mass is 9.87. The largest absolute Gasteiger partial charge is 0.416 e. The molecule has 206 valence electrons. The first kappa shape index (κ1) is 27.5. The van der Waals surface area contributed by atoms with E-state index in [0.717, 1.165) is 34.2 Å². The highest BCUT2D eigenvalue weighted by atomic mass is 16.4. The molecular weight excluding hydrogens is 496 g/mol. The number of hydrogen-bond donors (Lipinski definition) is 0. The van der Waals surface area contributed by atoms with Crippen molar-refractivity contribution in [2.75, 3.05) is 0 Å². The summed E-state index contributed by atoms with van der Waals surface area (Å²) in [5.74, 6) is 2.23. The maximum absolute atomic E-state index is 6.16. The van der Waals surface area contributed by atoms with Gasteiger partial charge in [0.15, 0.2) is 0 Å². The molecule has 0 aliphatic rings. The molecule has 0 saturated carbocycles. The number of benzene rings is 3. The molecule has 0 N–H and O–H groups in total. The predicted molar refractivity (Wildman–Crippen MR) is 160 cm³/mol. The zero-order valence-electron chi connectivity index (χ0n) is 24.7. The fourth-order valence-corrected chi connectivity index (χ4v) is 4.56. The molecule has 0 bridgehead atoms. The molecule has 0 fully saturated rings. The second-order valence-electron chi connectivity index (χ2n) is 12.6. The summed E-state index contributed by atoms with van der Waals surface area (Å²) in [6.45, 7) is 17.6. The summed E-state index contributed by atoms with van der Waals surface area (Å²) >= 11 is 0. The minimum absolute atomic E-state index is 0.0792. The van der Waals surface area contributed by atoms with Crippen molar-refractivity contribution in [2.24, 2.45) is 0 Å². The molecule has 0 aliphatic heterocycles. The van der Waals surface area contributed by atoms with Gasteiger partial charge in [-0.05, 0) is 82.3 Å². The number of rotatable bonds is 6. The quantitative estimate of drug-likeness (QED) is 0.216. The third kappa shape index (κ3) is 5.76. The highest BCUT2D eigenvalue weighted by molar-refractivity contribution is 5.68. The highest BCUT2D eigenvalue weighted by Crippen LogP contribution is 2.34. The molecule has 0 radical (unpaired) electrons. The van der Waals surface area contributed by atoms with E-state index in [9.17, 15) is 0 Å². The Morgan fingerprint density at radius 1 is 0.550 bits per heavy atom. The van der Waals surface area contributed by atoms with Gasteiger partial charge in [-0.2, -0.15) is 0 Å². The molecule has 0 amide bonds. The number of hydrogen-bond acceptors (Lipinski definition) is 6. The minimum atomic E-state index is 0.0792. The lowest BCUT2D eigenvalue weighted by molar-refractivity contribution is 0.579. The summed E-state index contributed by atoms with van der Waals surface area (Å²) in [4.78, 5) is 0. The van der Waals surface area contributed by atoms with Crippen LogP contribution in [0.15, 0.2) is 75.6 Å². The van der Waals surface area contributed by atoms with Crippen LogP contribution in [0.25, 0.3) is 45.8 Å². The van der Waals surface area contributed by atoms with Crippen molar-refractivity contribution in [2.45, 2.75) is 78.6 Å². The summed E-state index contributed by atoms with van der Waals surface area (Å²) in [6, 6.07) is 22.8. The van der Waals surface area contributed by atoms with Crippen LogP contribution in [0.1, 0.15) is 84.4 Å². The molecule has 0 aliphatic carbocycles. The smallest absolute Gasteiger partial charge is 0.248 e. The van der Waals surface area contributed by atoms with Crippen LogP contribution in [-0.4, -0.2) is 20.4 Å². The molecule has 6 heteroatoms. The van der Waals surface area contributed by atoms with Crippen LogP contribution in [0, 0.1) is 0 Å². The van der Waals surface area contributed by atoms with Crippen molar-refractivity contribution in [3.05, 3.63) is 83.4 Å². The van der Waals surface area contributed by atoms with E-state index in [1.807, 2.05) is 30.3 Å². The molecule has 5 rings (SSSR count). The zero-order chi connectivity index (χ0) is 28.7. The van der Waals surface area contributed by atoms with Gasteiger partial charge in [0, 0.05) is 22.3 Å². The molecule has 2 heterocycles. The third-order valence-electron chi connectivity index (χ3n) is 7.48. The van der Waals surface area contributed by atoms with Crippen LogP contribution in [0.3, 0.4) is 0 Å². The van der Waals surface area contributed by atoms with Crippen LogP contribution < -0.4 is 0 Å². The number of nitrogens with zero attached hydrogens (tertiary/aromatic N) is 4. The Balaban J connectivity index is 1.48. The van der Waals surface area contributed by atoms with Crippen LogP contribution in [0.5, 0.6) is 0 Å². The Morgan fingerprint density at radius 2 is 0.900 bits per heavy atom. The second kappa shape index (κ2) is 10.5. The molecule has 3 aromatic carbocycles. The lowest BCUT2D eigenvalue weighted by Gasteiger charge is -2.18. The molecule has 2 aromatic heterocycles. The molecule has 1 unspecified atom stereocenters. The van der Waals surface area contributed by atoms with Crippen molar-refractivity contribution in [3.8, 4) is 45.8 Å². The van der Waals surface area contributed by atoms with Gasteiger partial charge in [0.2, 0.25) is 23.6 Å². The van der Waals surface area contributed by atoms with Gasteiger partial charge in [-0.1, -0.05) is 79.7 Å². The molecule has 6 nitrogen and oxygen atoms in total. The molecule has 1 atom stereocenters. The molecule has 5 aromatic rings. The van der Waals surface area contributed by atoms with Crippen molar-refractivity contribution in [1.29, 1.82) is 0 Å². The van der Waals surface area contributed by atoms with Crippen molar-refractivity contribution in [1.82, 2.24) is 20.4 Å². The summed E-state index contributed by atoms with van der Waals surface area (Å²) in [6.07, 6.45) is 0.993. The Kier molecular flexibility index (Phi) is 7.21. The standard InChI is InChI=1S/C34H38N4O2/c1-9-21(2)24-18-25(31-37-35-29(39-31)22-10-14-27(15-11-22)33(3,4)5)20-26(19-24)32-38-36-30(40-32)23-12-16-28(17-13-23)34(6,7)8/h10-21H,9H2,1-8H3. The van der Waals surface area contributed by atoms with Crippen LogP contribution in [0.4, 0.5) is 0 Å². The van der Waals surface area contributed by atoms with E-state index in [4.69, 9.17) is 8.83 Å². The van der Waals surface area contributed by atoms with Gasteiger partial charge in [0.1, 0.15) is 0 Å². The molecule has 0 spiro atoms. The van der Waals surface area contributed by atoms with Crippen molar-refractivity contribution in [3.63, 3.8) is 0 Å². The molecule has 40 heavy (non-hydrogen) atoms.